The van der Waals surface area contributed by atoms with Crippen LogP contribution in [0.2, 0.25) is 5.02 Å². The first-order chi connectivity index (χ1) is 12.1. The molecule has 0 bridgehead atoms. The number of nitrogens with one attached hydrogen (secondary N) is 2. The molecule has 1 aliphatic rings. The quantitative estimate of drug-likeness (QED) is 0.740. The zero-order chi connectivity index (χ0) is 17.4. The minimum absolute atomic E-state index is 0.0340. The molecule has 0 amide bonds. The second-order valence-corrected chi connectivity index (χ2v) is 7.11. The summed E-state index contributed by atoms with van der Waals surface area (Å²) in [5, 5.41) is 1.66. The largest absolute Gasteiger partial charge is 0.355 e. The number of halogens is 1. The zero-order valence-corrected chi connectivity index (χ0v) is 14.9. The molecule has 4 rings (SSSR count). The van der Waals surface area contributed by atoms with E-state index in [1.807, 2.05) is 36.4 Å². The Morgan fingerprint density at radius 1 is 1.08 bits per heavy atom. The summed E-state index contributed by atoms with van der Waals surface area (Å²) >= 11 is 6.27. The Bertz CT molecular complexity index is 960. The summed E-state index contributed by atoms with van der Waals surface area (Å²) in [7, 11) is 2.19. The molecule has 0 aliphatic carbocycles. The number of H-pyrrole nitrogens is 1. The first kappa shape index (κ1) is 16.2. The molecule has 0 atom stereocenters. The molecular formula is C20H21ClN3O+. The van der Waals surface area contributed by atoms with Gasteiger partial charge in [-0.2, -0.15) is 0 Å². The highest BCUT2D eigenvalue weighted by Gasteiger charge is 2.24. The fourth-order valence-electron chi connectivity index (χ4n) is 3.57. The summed E-state index contributed by atoms with van der Waals surface area (Å²) in [5.74, 6) is 0. The van der Waals surface area contributed by atoms with E-state index in [0.29, 0.717) is 5.02 Å². The van der Waals surface area contributed by atoms with E-state index < -0.39 is 0 Å². The van der Waals surface area contributed by atoms with E-state index in [4.69, 9.17) is 11.6 Å². The lowest BCUT2D eigenvalue weighted by molar-refractivity contribution is -0.880. The number of piperazine rings is 1. The molecular weight excluding hydrogens is 334 g/mol. The minimum Gasteiger partial charge on any atom is -0.355 e. The zero-order valence-electron chi connectivity index (χ0n) is 14.2. The summed E-state index contributed by atoms with van der Waals surface area (Å²) < 4.78 is 0. The second kappa shape index (κ2) is 6.54. The van der Waals surface area contributed by atoms with Crippen molar-refractivity contribution in [2.45, 2.75) is 0 Å². The fraction of sp³-hybridized carbons (Fsp3) is 0.250. The number of anilines is 1. The standard InChI is InChI=1S/C20H20ClN3O/c1-23-9-11-24(12-10-23)19-18(14-5-3-2-4-6-14)16-13-15(21)7-8-17(16)22-20(19)25/h2-8,13H,9-12H2,1H3,(H,22,25)/p+1. The number of aromatic nitrogens is 1. The van der Waals surface area contributed by atoms with Crippen LogP contribution >= 0.6 is 11.6 Å². The van der Waals surface area contributed by atoms with Crippen LogP contribution in [-0.4, -0.2) is 38.2 Å². The molecule has 2 N–H and O–H groups in total. The topological polar surface area (TPSA) is 40.5 Å². The lowest BCUT2D eigenvalue weighted by Crippen LogP contribution is -3.12. The molecule has 1 aromatic heterocycles. The normalized spacial score (nSPS) is 15.7. The average Bonchev–Trinajstić information content (AvgIpc) is 2.63. The van der Waals surface area contributed by atoms with E-state index in [2.05, 4.69) is 29.1 Å². The number of fused-ring (bicyclic) bond motifs is 1. The van der Waals surface area contributed by atoms with E-state index >= 15 is 0 Å². The van der Waals surface area contributed by atoms with Crippen LogP contribution in [0.25, 0.3) is 22.0 Å². The van der Waals surface area contributed by atoms with Crippen molar-refractivity contribution in [2.24, 2.45) is 0 Å². The Kier molecular flexibility index (Phi) is 4.24. The van der Waals surface area contributed by atoms with Gasteiger partial charge in [0.25, 0.3) is 5.56 Å². The Labute approximate surface area is 151 Å². The number of pyridine rings is 1. The Morgan fingerprint density at radius 3 is 2.52 bits per heavy atom. The highest BCUT2D eigenvalue weighted by molar-refractivity contribution is 6.31. The molecule has 0 spiro atoms. The first-order valence-corrected chi connectivity index (χ1v) is 8.98. The second-order valence-electron chi connectivity index (χ2n) is 6.68. The van der Waals surface area contributed by atoms with Crippen molar-refractivity contribution in [3.63, 3.8) is 0 Å². The molecule has 128 valence electrons. The minimum atomic E-state index is -0.0340. The molecule has 5 heteroatoms. The SMILES string of the molecule is C[NH+]1CCN(c2c(-c3ccccc3)c3cc(Cl)ccc3[nH]c2=O)CC1. The van der Waals surface area contributed by atoms with Gasteiger partial charge >= 0.3 is 0 Å². The van der Waals surface area contributed by atoms with Crippen LogP contribution < -0.4 is 15.4 Å². The van der Waals surface area contributed by atoms with Crippen LogP contribution in [0.4, 0.5) is 5.69 Å². The van der Waals surface area contributed by atoms with Crippen LogP contribution in [0.5, 0.6) is 0 Å². The molecule has 3 aromatic rings. The highest BCUT2D eigenvalue weighted by atomic mass is 35.5. The monoisotopic (exact) mass is 354 g/mol. The molecule has 0 radical (unpaired) electrons. The van der Waals surface area contributed by atoms with Gasteiger partial charge < -0.3 is 14.8 Å². The van der Waals surface area contributed by atoms with E-state index in [1.165, 1.54) is 4.90 Å². The third-order valence-corrected chi connectivity index (χ3v) is 5.18. The van der Waals surface area contributed by atoms with Crippen LogP contribution in [0.1, 0.15) is 0 Å². The molecule has 25 heavy (non-hydrogen) atoms. The van der Waals surface area contributed by atoms with Crippen molar-refractivity contribution in [1.29, 1.82) is 0 Å². The van der Waals surface area contributed by atoms with Gasteiger partial charge in [-0.15, -0.1) is 0 Å². The van der Waals surface area contributed by atoms with Gasteiger partial charge in [-0.05, 0) is 23.8 Å². The maximum absolute atomic E-state index is 13.0. The predicted molar refractivity (Wildman–Crippen MR) is 104 cm³/mol. The summed E-state index contributed by atoms with van der Waals surface area (Å²) in [4.78, 5) is 19.7. The van der Waals surface area contributed by atoms with Gasteiger partial charge in [0, 0.05) is 21.5 Å². The van der Waals surface area contributed by atoms with Crippen LogP contribution in [0, 0.1) is 0 Å². The number of likely N-dealkylation sites (N-methyl/N-ethyl adjacent to an activating group) is 1. The van der Waals surface area contributed by atoms with E-state index in [9.17, 15) is 4.79 Å². The summed E-state index contributed by atoms with van der Waals surface area (Å²) in [6.07, 6.45) is 0. The van der Waals surface area contributed by atoms with Crippen molar-refractivity contribution >= 4 is 28.2 Å². The van der Waals surface area contributed by atoms with Gasteiger partial charge in [0.1, 0.15) is 5.69 Å². The van der Waals surface area contributed by atoms with Gasteiger partial charge in [-0.1, -0.05) is 41.9 Å². The Balaban J connectivity index is 2.01. The lowest BCUT2D eigenvalue weighted by atomic mass is 9.98. The van der Waals surface area contributed by atoms with Crippen LogP contribution in [0.3, 0.4) is 0 Å². The van der Waals surface area contributed by atoms with Crippen molar-refractivity contribution in [1.82, 2.24) is 4.98 Å². The number of benzene rings is 2. The first-order valence-electron chi connectivity index (χ1n) is 8.60. The lowest BCUT2D eigenvalue weighted by Gasteiger charge is -2.32. The van der Waals surface area contributed by atoms with Crippen LogP contribution in [0.15, 0.2) is 53.3 Å². The van der Waals surface area contributed by atoms with Crippen molar-refractivity contribution in [3.05, 3.63) is 63.9 Å². The molecule has 4 nitrogen and oxygen atoms in total. The smallest absolute Gasteiger partial charge is 0.272 e. The van der Waals surface area contributed by atoms with Gasteiger partial charge in [0.15, 0.2) is 0 Å². The molecule has 1 saturated heterocycles. The summed E-state index contributed by atoms with van der Waals surface area (Å²) in [6.45, 7) is 3.81. The van der Waals surface area contributed by atoms with Crippen molar-refractivity contribution in [3.8, 4) is 11.1 Å². The maximum Gasteiger partial charge on any atom is 0.272 e. The summed E-state index contributed by atoms with van der Waals surface area (Å²) in [6, 6.07) is 15.7. The van der Waals surface area contributed by atoms with Crippen molar-refractivity contribution < 1.29 is 4.90 Å². The van der Waals surface area contributed by atoms with E-state index in [0.717, 1.165) is 53.9 Å². The Morgan fingerprint density at radius 2 is 1.80 bits per heavy atom. The van der Waals surface area contributed by atoms with E-state index in [1.54, 1.807) is 0 Å². The summed E-state index contributed by atoms with van der Waals surface area (Å²) in [5.41, 5.74) is 3.56. The number of hydrogen-bond donors (Lipinski definition) is 2. The number of nitrogens with zero attached hydrogens (tertiary/aromatic N) is 1. The number of hydrogen-bond acceptors (Lipinski definition) is 2. The van der Waals surface area contributed by atoms with Gasteiger partial charge in [-0.25, -0.2) is 0 Å². The molecule has 1 fully saturated rings. The highest BCUT2D eigenvalue weighted by Crippen LogP contribution is 2.35. The number of quaternary nitrogens is 1. The van der Waals surface area contributed by atoms with Crippen LogP contribution in [-0.2, 0) is 0 Å². The maximum atomic E-state index is 13.0. The van der Waals surface area contributed by atoms with Gasteiger partial charge in [0.05, 0.1) is 33.2 Å². The van der Waals surface area contributed by atoms with Gasteiger partial charge in [-0.3, -0.25) is 4.79 Å². The number of rotatable bonds is 2. The van der Waals surface area contributed by atoms with Gasteiger partial charge in [0.2, 0.25) is 0 Å². The molecule has 2 aromatic carbocycles. The van der Waals surface area contributed by atoms with Crippen molar-refractivity contribution in [2.75, 3.05) is 38.1 Å². The predicted octanol–water partition coefficient (Wildman–Crippen LogP) is 2.18. The third kappa shape index (κ3) is 3.03. The average molecular weight is 355 g/mol. The fourth-order valence-corrected chi connectivity index (χ4v) is 3.74. The third-order valence-electron chi connectivity index (χ3n) is 4.95. The molecule has 1 aliphatic heterocycles. The number of aromatic amines is 1. The Hall–Kier alpha value is -2.30. The molecule has 0 saturated carbocycles. The molecule has 2 heterocycles. The van der Waals surface area contributed by atoms with E-state index in [-0.39, 0.29) is 5.56 Å². The molecule has 0 unspecified atom stereocenters.